The zero-order chi connectivity index (χ0) is 11.1. The van der Waals surface area contributed by atoms with E-state index in [1.54, 1.807) is 6.08 Å². The van der Waals surface area contributed by atoms with Crippen LogP contribution in [0.15, 0.2) is 29.8 Å². The Morgan fingerprint density at radius 3 is 2.33 bits per heavy atom. The molecule has 0 spiro atoms. The van der Waals surface area contributed by atoms with Crippen molar-refractivity contribution in [2.24, 2.45) is 0 Å². The SMILES string of the molecule is CCNc1ccc(C=C(C#N)C#N)cc1. The third kappa shape index (κ3) is 3.17. The summed E-state index contributed by atoms with van der Waals surface area (Å²) in [5, 5.41) is 20.3. The van der Waals surface area contributed by atoms with Crippen LogP contribution in [0.5, 0.6) is 0 Å². The molecule has 3 heteroatoms. The van der Waals surface area contributed by atoms with Crippen LogP contribution >= 0.6 is 0 Å². The minimum absolute atomic E-state index is 0.117. The smallest absolute Gasteiger partial charge is 0.130 e. The number of nitrogens with one attached hydrogen (secondary N) is 1. The summed E-state index contributed by atoms with van der Waals surface area (Å²) >= 11 is 0. The van der Waals surface area contributed by atoms with E-state index in [1.165, 1.54) is 0 Å². The van der Waals surface area contributed by atoms with Crippen LogP contribution in [0.25, 0.3) is 6.08 Å². The van der Waals surface area contributed by atoms with Crippen LogP contribution in [0.2, 0.25) is 0 Å². The van der Waals surface area contributed by atoms with Gasteiger partial charge in [0.25, 0.3) is 0 Å². The van der Waals surface area contributed by atoms with Gasteiger partial charge in [-0.1, -0.05) is 12.1 Å². The fourth-order valence-corrected chi connectivity index (χ4v) is 1.16. The number of rotatable bonds is 3. The van der Waals surface area contributed by atoms with Crippen LogP contribution < -0.4 is 5.32 Å². The van der Waals surface area contributed by atoms with E-state index >= 15 is 0 Å². The number of nitriles is 2. The first-order valence-corrected chi connectivity index (χ1v) is 4.66. The van der Waals surface area contributed by atoms with Crippen LogP contribution in [0.4, 0.5) is 5.69 Å². The Kier molecular flexibility index (Phi) is 3.94. The van der Waals surface area contributed by atoms with Crippen molar-refractivity contribution in [1.29, 1.82) is 10.5 Å². The number of hydrogen-bond donors (Lipinski definition) is 1. The normalized spacial score (nSPS) is 8.47. The van der Waals surface area contributed by atoms with Gasteiger partial charge in [0.2, 0.25) is 0 Å². The molecule has 15 heavy (non-hydrogen) atoms. The summed E-state index contributed by atoms with van der Waals surface area (Å²) in [6.07, 6.45) is 1.57. The Morgan fingerprint density at radius 1 is 1.27 bits per heavy atom. The topological polar surface area (TPSA) is 59.6 Å². The van der Waals surface area contributed by atoms with Crippen molar-refractivity contribution in [3.8, 4) is 12.1 Å². The molecule has 1 rings (SSSR count). The highest BCUT2D eigenvalue weighted by Gasteiger charge is 1.94. The number of nitrogens with zero attached hydrogens (tertiary/aromatic N) is 2. The molecule has 0 aliphatic rings. The second-order valence-electron chi connectivity index (χ2n) is 2.93. The summed E-state index contributed by atoms with van der Waals surface area (Å²) in [7, 11) is 0. The van der Waals surface area contributed by atoms with Crippen molar-refractivity contribution >= 4 is 11.8 Å². The molecule has 0 aromatic heterocycles. The van der Waals surface area contributed by atoms with E-state index in [1.807, 2.05) is 43.3 Å². The first-order valence-electron chi connectivity index (χ1n) is 4.66. The van der Waals surface area contributed by atoms with Gasteiger partial charge in [-0.2, -0.15) is 10.5 Å². The highest BCUT2D eigenvalue weighted by molar-refractivity contribution is 5.63. The van der Waals surface area contributed by atoms with Crippen LogP contribution in [0.1, 0.15) is 12.5 Å². The third-order valence-corrected chi connectivity index (χ3v) is 1.84. The average Bonchev–Trinajstić information content (AvgIpc) is 2.28. The van der Waals surface area contributed by atoms with Crippen molar-refractivity contribution in [2.45, 2.75) is 6.92 Å². The van der Waals surface area contributed by atoms with Gasteiger partial charge in [-0.3, -0.25) is 0 Å². The maximum absolute atomic E-state index is 8.57. The van der Waals surface area contributed by atoms with Gasteiger partial charge in [0, 0.05) is 12.2 Å². The molecule has 0 atom stereocenters. The molecule has 1 aromatic carbocycles. The van der Waals surface area contributed by atoms with E-state index in [9.17, 15) is 0 Å². The van der Waals surface area contributed by atoms with Crippen molar-refractivity contribution < 1.29 is 0 Å². The minimum atomic E-state index is 0.117. The average molecular weight is 197 g/mol. The summed E-state index contributed by atoms with van der Waals surface area (Å²) < 4.78 is 0. The van der Waals surface area contributed by atoms with Crippen LogP contribution in [0, 0.1) is 22.7 Å². The summed E-state index contributed by atoms with van der Waals surface area (Å²) in [4.78, 5) is 0. The lowest BCUT2D eigenvalue weighted by atomic mass is 10.1. The molecule has 0 radical (unpaired) electrons. The van der Waals surface area contributed by atoms with E-state index in [4.69, 9.17) is 10.5 Å². The highest BCUT2D eigenvalue weighted by atomic mass is 14.8. The molecule has 3 nitrogen and oxygen atoms in total. The molecule has 0 heterocycles. The van der Waals surface area contributed by atoms with Gasteiger partial charge in [-0.25, -0.2) is 0 Å². The largest absolute Gasteiger partial charge is 0.385 e. The maximum Gasteiger partial charge on any atom is 0.130 e. The number of allylic oxidation sites excluding steroid dienone is 1. The van der Waals surface area contributed by atoms with E-state index < -0.39 is 0 Å². The molecule has 0 unspecified atom stereocenters. The molecule has 0 saturated carbocycles. The summed E-state index contributed by atoms with van der Waals surface area (Å²) in [6, 6.07) is 11.2. The lowest BCUT2D eigenvalue weighted by Crippen LogP contribution is -1.95. The monoisotopic (exact) mass is 197 g/mol. The van der Waals surface area contributed by atoms with E-state index in [-0.39, 0.29) is 5.57 Å². The molecule has 0 amide bonds. The standard InChI is InChI=1S/C12H11N3/c1-2-15-12-5-3-10(4-6-12)7-11(8-13)9-14/h3-7,15H,2H2,1H3. The summed E-state index contributed by atoms with van der Waals surface area (Å²) in [5.41, 5.74) is 2.01. The molecule has 1 aromatic rings. The second-order valence-corrected chi connectivity index (χ2v) is 2.93. The fraction of sp³-hybridized carbons (Fsp3) is 0.167. The van der Waals surface area contributed by atoms with Crippen LogP contribution in [-0.4, -0.2) is 6.54 Å². The van der Waals surface area contributed by atoms with Crippen LogP contribution in [0.3, 0.4) is 0 Å². The number of anilines is 1. The third-order valence-electron chi connectivity index (χ3n) is 1.84. The Balaban J connectivity index is 2.87. The highest BCUT2D eigenvalue weighted by Crippen LogP contribution is 2.11. The van der Waals surface area contributed by atoms with Gasteiger partial charge in [0.1, 0.15) is 17.7 Å². The molecule has 1 N–H and O–H groups in total. The molecular formula is C12H11N3. The van der Waals surface area contributed by atoms with Crippen molar-refractivity contribution in [1.82, 2.24) is 0 Å². The lowest BCUT2D eigenvalue weighted by Gasteiger charge is -2.02. The fourth-order valence-electron chi connectivity index (χ4n) is 1.16. The number of benzene rings is 1. The van der Waals surface area contributed by atoms with Gasteiger partial charge in [-0.15, -0.1) is 0 Å². The van der Waals surface area contributed by atoms with Gasteiger partial charge in [-0.05, 0) is 30.7 Å². The first kappa shape index (κ1) is 10.8. The van der Waals surface area contributed by atoms with Gasteiger partial charge >= 0.3 is 0 Å². The Labute approximate surface area is 89.3 Å². The minimum Gasteiger partial charge on any atom is -0.385 e. The predicted molar refractivity (Wildman–Crippen MR) is 59.8 cm³/mol. The zero-order valence-electron chi connectivity index (χ0n) is 8.49. The van der Waals surface area contributed by atoms with E-state index in [0.29, 0.717) is 0 Å². The first-order chi connectivity index (χ1) is 7.30. The molecule has 0 fully saturated rings. The van der Waals surface area contributed by atoms with Gasteiger partial charge < -0.3 is 5.32 Å². The van der Waals surface area contributed by atoms with Crippen LogP contribution in [-0.2, 0) is 0 Å². The summed E-state index contributed by atoms with van der Waals surface area (Å²) in [6.45, 7) is 2.90. The van der Waals surface area contributed by atoms with Gasteiger partial charge in [0.05, 0.1) is 0 Å². The number of hydrogen-bond acceptors (Lipinski definition) is 3. The van der Waals surface area contributed by atoms with E-state index in [2.05, 4.69) is 5.32 Å². The van der Waals surface area contributed by atoms with Crippen molar-refractivity contribution in [2.75, 3.05) is 11.9 Å². The van der Waals surface area contributed by atoms with Gasteiger partial charge in [0.15, 0.2) is 0 Å². The maximum atomic E-state index is 8.57. The molecule has 0 bridgehead atoms. The predicted octanol–water partition coefficient (Wildman–Crippen LogP) is 2.55. The Morgan fingerprint density at radius 2 is 1.87 bits per heavy atom. The lowest BCUT2D eigenvalue weighted by molar-refractivity contribution is 1.21. The quantitative estimate of drug-likeness (QED) is 0.757. The molecule has 0 aliphatic heterocycles. The molecular weight excluding hydrogens is 186 g/mol. The second kappa shape index (κ2) is 5.47. The van der Waals surface area contributed by atoms with Crippen molar-refractivity contribution in [3.63, 3.8) is 0 Å². The molecule has 0 saturated heterocycles. The van der Waals surface area contributed by atoms with Crippen molar-refractivity contribution in [3.05, 3.63) is 35.4 Å². The molecule has 74 valence electrons. The molecule has 0 aliphatic carbocycles. The summed E-state index contributed by atoms with van der Waals surface area (Å²) in [5.74, 6) is 0. The zero-order valence-corrected chi connectivity index (χ0v) is 8.49. The Bertz CT molecular complexity index is 413. The Hall–Kier alpha value is -2.26. The van der Waals surface area contributed by atoms with E-state index in [0.717, 1.165) is 17.8 Å².